The third-order valence-electron chi connectivity index (χ3n) is 14.2. The van der Waals surface area contributed by atoms with Gasteiger partial charge in [-0.15, -0.1) is 0 Å². The summed E-state index contributed by atoms with van der Waals surface area (Å²) in [6.07, 6.45) is 0. The Hall–Kier alpha value is -7.04. The molecule has 0 N–H and O–H groups in total. The van der Waals surface area contributed by atoms with E-state index in [1.165, 1.54) is 121 Å². The predicted octanol–water partition coefficient (Wildman–Crippen LogP) is 13.3. The fourth-order valence-corrected chi connectivity index (χ4v) is 11.3. The van der Waals surface area contributed by atoms with Gasteiger partial charge in [0.15, 0.2) is 0 Å². The van der Waals surface area contributed by atoms with Crippen molar-refractivity contribution in [2.24, 2.45) is 0 Å². The summed E-state index contributed by atoms with van der Waals surface area (Å²) in [7, 11) is 0. The molecule has 296 valence electrons. The van der Waals surface area contributed by atoms with Crippen molar-refractivity contribution in [3.05, 3.63) is 179 Å². The maximum atomic E-state index is 2.67. The third kappa shape index (κ3) is 4.78. The quantitative estimate of drug-likeness (QED) is 0.128. The van der Waals surface area contributed by atoms with Gasteiger partial charge in [0, 0.05) is 49.8 Å². The molecule has 9 aromatic carbocycles. The number of rotatable bonds is 3. The van der Waals surface area contributed by atoms with Crippen molar-refractivity contribution in [2.75, 3.05) is 4.90 Å². The zero-order valence-corrected chi connectivity index (χ0v) is 36.4. The van der Waals surface area contributed by atoms with E-state index in [2.05, 4.69) is 214 Å². The minimum Gasteiger partial charge on any atom is -0.310 e. The monoisotopic (exact) mass is 795 g/mol. The van der Waals surface area contributed by atoms with Crippen molar-refractivity contribution in [1.29, 1.82) is 0 Å². The SMILES string of the molecule is Cc1ccc(N(c2ccc(C)cc2)c2cc3c4c(c2)-n2c5cc(C(C)(C)C)ccc5c5c6c(ccc7ccccc76)cc(c52)B4c2cc(C)cc4c5cc(C)ccc5n-3c24)cc1. The third-order valence-corrected chi connectivity index (χ3v) is 14.2. The molecule has 62 heavy (non-hydrogen) atoms. The highest BCUT2D eigenvalue weighted by molar-refractivity contribution is 7.00. The number of fused-ring (bicyclic) bond motifs is 14. The van der Waals surface area contributed by atoms with Gasteiger partial charge >= 0.3 is 0 Å². The van der Waals surface area contributed by atoms with Crippen LogP contribution >= 0.6 is 0 Å². The number of hydrogen-bond acceptors (Lipinski definition) is 1. The summed E-state index contributed by atoms with van der Waals surface area (Å²) in [6, 6.07) is 58.5. The zero-order chi connectivity index (χ0) is 41.9. The van der Waals surface area contributed by atoms with Crippen LogP contribution in [0.1, 0.15) is 48.6 Å². The van der Waals surface area contributed by atoms with Crippen LogP contribution in [-0.2, 0) is 5.41 Å². The molecule has 2 aromatic heterocycles. The molecule has 4 heteroatoms. The summed E-state index contributed by atoms with van der Waals surface area (Å²) in [5.41, 5.74) is 21.6. The number of hydrogen-bond donors (Lipinski definition) is 0. The summed E-state index contributed by atoms with van der Waals surface area (Å²) in [5, 5.41) is 10.5. The van der Waals surface area contributed by atoms with Crippen molar-refractivity contribution in [3.63, 3.8) is 0 Å². The molecule has 0 aliphatic carbocycles. The first-order valence-electron chi connectivity index (χ1n) is 22.1. The second-order valence-corrected chi connectivity index (χ2v) is 19.3. The second kappa shape index (κ2) is 12.3. The van der Waals surface area contributed by atoms with E-state index in [0.717, 1.165) is 17.1 Å². The Morgan fingerprint density at radius 2 is 1.06 bits per heavy atom. The highest BCUT2D eigenvalue weighted by Gasteiger charge is 2.42. The van der Waals surface area contributed by atoms with Gasteiger partial charge in [0.05, 0.1) is 22.2 Å². The van der Waals surface area contributed by atoms with E-state index in [1.807, 2.05) is 0 Å². The molecule has 11 aromatic rings. The first-order valence-corrected chi connectivity index (χ1v) is 22.1. The van der Waals surface area contributed by atoms with Crippen LogP contribution in [0, 0.1) is 27.7 Å². The van der Waals surface area contributed by atoms with E-state index in [1.54, 1.807) is 0 Å². The Morgan fingerprint density at radius 1 is 0.435 bits per heavy atom. The summed E-state index contributed by atoms with van der Waals surface area (Å²) >= 11 is 0. The van der Waals surface area contributed by atoms with Crippen molar-refractivity contribution < 1.29 is 0 Å². The lowest BCUT2D eigenvalue weighted by Crippen LogP contribution is -2.59. The van der Waals surface area contributed by atoms with Gasteiger partial charge in [-0.05, 0) is 137 Å². The molecule has 3 nitrogen and oxygen atoms in total. The van der Waals surface area contributed by atoms with Crippen molar-refractivity contribution in [1.82, 2.24) is 9.13 Å². The minimum absolute atomic E-state index is 0.0267. The lowest BCUT2D eigenvalue weighted by Gasteiger charge is -2.36. The van der Waals surface area contributed by atoms with Crippen LogP contribution in [0.3, 0.4) is 0 Å². The Morgan fingerprint density at radius 3 is 1.77 bits per heavy atom. The van der Waals surface area contributed by atoms with Crippen LogP contribution in [-0.4, -0.2) is 15.8 Å². The molecule has 13 rings (SSSR count). The first kappa shape index (κ1) is 35.7. The van der Waals surface area contributed by atoms with E-state index in [-0.39, 0.29) is 12.1 Å². The average Bonchev–Trinajstić information content (AvgIpc) is 3.77. The van der Waals surface area contributed by atoms with Crippen molar-refractivity contribution in [3.8, 4) is 11.4 Å². The fraction of sp³-hybridized carbons (Fsp3) is 0.138. The number of benzene rings is 9. The molecule has 2 aliphatic rings. The maximum absolute atomic E-state index is 2.67. The number of aryl methyl sites for hydroxylation is 4. The van der Waals surface area contributed by atoms with E-state index < -0.39 is 0 Å². The van der Waals surface area contributed by atoms with E-state index in [0.29, 0.717) is 0 Å². The number of aromatic nitrogens is 2. The van der Waals surface area contributed by atoms with Gasteiger partial charge < -0.3 is 14.0 Å². The lowest BCUT2D eigenvalue weighted by atomic mass is 9.34. The highest BCUT2D eigenvalue weighted by atomic mass is 15.2. The van der Waals surface area contributed by atoms with Crippen LogP contribution in [0.5, 0.6) is 0 Å². The molecule has 4 heterocycles. The molecule has 0 saturated heterocycles. The Balaban J connectivity index is 1.27. The van der Waals surface area contributed by atoms with Crippen LogP contribution < -0.4 is 21.3 Å². The largest absolute Gasteiger partial charge is 0.310 e. The van der Waals surface area contributed by atoms with Gasteiger partial charge in [-0.1, -0.05) is 134 Å². The van der Waals surface area contributed by atoms with E-state index in [9.17, 15) is 0 Å². The molecule has 0 radical (unpaired) electrons. The summed E-state index contributed by atoms with van der Waals surface area (Å²) in [4.78, 5) is 2.47. The Kier molecular flexibility index (Phi) is 7.08. The molecule has 0 spiro atoms. The minimum atomic E-state index is -0.0288. The van der Waals surface area contributed by atoms with Gasteiger partial charge in [0.1, 0.15) is 0 Å². The fourth-order valence-electron chi connectivity index (χ4n) is 11.3. The van der Waals surface area contributed by atoms with Gasteiger partial charge in [-0.3, -0.25) is 0 Å². The number of anilines is 3. The highest BCUT2D eigenvalue weighted by Crippen LogP contribution is 2.46. The van der Waals surface area contributed by atoms with Gasteiger partial charge in [0.2, 0.25) is 0 Å². The first-order chi connectivity index (χ1) is 30.0. The Labute approximate surface area is 362 Å². The molecule has 0 fully saturated rings. The lowest BCUT2D eigenvalue weighted by molar-refractivity contribution is 0.591. The maximum Gasteiger partial charge on any atom is 0.252 e. The molecular weight excluding hydrogens is 749 g/mol. The van der Waals surface area contributed by atoms with Crippen LogP contribution in [0.2, 0.25) is 0 Å². The summed E-state index contributed by atoms with van der Waals surface area (Å²) in [6.45, 7) is 15.9. The smallest absolute Gasteiger partial charge is 0.252 e. The second-order valence-electron chi connectivity index (χ2n) is 19.3. The predicted molar refractivity (Wildman–Crippen MR) is 267 cm³/mol. The summed E-state index contributed by atoms with van der Waals surface area (Å²) < 4.78 is 5.29. The van der Waals surface area contributed by atoms with Gasteiger partial charge in [-0.25, -0.2) is 0 Å². The van der Waals surface area contributed by atoms with Gasteiger partial charge in [-0.2, -0.15) is 0 Å². The van der Waals surface area contributed by atoms with Gasteiger partial charge in [0.25, 0.3) is 6.71 Å². The normalized spacial score (nSPS) is 13.0. The van der Waals surface area contributed by atoms with Crippen molar-refractivity contribution >= 4 is 105 Å². The molecule has 0 amide bonds. The summed E-state index contributed by atoms with van der Waals surface area (Å²) in [5.74, 6) is 0. The molecule has 0 saturated carbocycles. The zero-order valence-electron chi connectivity index (χ0n) is 36.4. The molecular formula is C58H46BN3. The van der Waals surface area contributed by atoms with Crippen LogP contribution in [0.4, 0.5) is 17.1 Å². The molecule has 0 atom stereocenters. The van der Waals surface area contributed by atoms with E-state index in [4.69, 9.17) is 0 Å². The molecule has 2 aliphatic heterocycles. The topological polar surface area (TPSA) is 13.1 Å². The molecule has 0 unspecified atom stereocenters. The van der Waals surface area contributed by atoms with E-state index >= 15 is 0 Å². The van der Waals surface area contributed by atoms with Crippen LogP contribution in [0.15, 0.2) is 152 Å². The molecule has 0 bridgehead atoms. The standard InChI is InChI=1S/C58H46BN3/c1-33-12-20-40(21-13-33)60(41-22-14-34(2)15-23-41)42-31-51-55-52(32-42)62-50-30-39(58(5,6)7)19-24-44(50)54-53-38(18-17-37-10-8-9-11-43(37)53)29-48(57(54)62)59(55)47-28-36(4)27-46-45-26-35(3)16-25-49(45)61(51)56(46)47/h8-32H,1-7H3. The van der Waals surface area contributed by atoms with Crippen LogP contribution in [0.25, 0.3) is 76.5 Å². The Bertz CT molecular complexity index is 3720. The van der Waals surface area contributed by atoms with Crippen molar-refractivity contribution in [2.45, 2.75) is 53.9 Å². The number of nitrogens with zero attached hydrogens (tertiary/aromatic N) is 3. The average molecular weight is 796 g/mol.